The van der Waals surface area contributed by atoms with Gasteiger partial charge in [-0.3, -0.25) is 4.79 Å². The van der Waals surface area contributed by atoms with Gasteiger partial charge in [-0.15, -0.1) is 0 Å². The van der Waals surface area contributed by atoms with E-state index in [0.717, 1.165) is 19.4 Å². The predicted molar refractivity (Wildman–Crippen MR) is 55.9 cm³/mol. The summed E-state index contributed by atoms with van der Waals surface area (Å²) >= 11 is 0. The van der Waals surface area contributed by atoms with Crippen molar-refractivity contribution in [3.05, 3.63) is 12.7 Å². The van der Waals surface area contributed by atoms with Crippen LogP contribution < -0.4 is 5.32 Å². The number of ether oxygens (including phenoxy) is 1. The van der Waals surface area contributed by atoms with Gasteiger partial charge < -0.3 is 10.1 Å². The predicted octanol–water partition coefficient (Wildman–Crippen LogP) is 1.49. The number of carbonyl (C=O) groups is 1. The molecule has 1 aliphatic heterocycles. The molecule has 1 rings (SSSR count). The molecule has 3 nitrogen and oxygen atoms in total. The highest BCUT2D eigenvalue weighted by molar-refractivity contribution is 5.86. The molecule has 80 valence electrons. The van der Waals surface area contributed by atoms with E-state index in [2.05, 4.69) is 25.7 Å². The number of amides is 1. The molecule has 0 spiro atoms. The van der Waals surface area contributed by atoms with Crippen LogP contribution in [-0.4, -0.2) is 24.7 Å². The van der Waals surface area contributed by atoms with Crippen molar-refractivity contribution < 1.29 is 9.53 Å². The van der Waals surface area contributed by atoms with Crippen LogP contribution in [0.15, 0.2) is 12.7 Å². The second kappa shape index (κ2) is 5.15. The summed E-state index contributed by atoms with van der Waals surface area (Å²) in [5.74, 6) is 0.453. The summed E-state index contributed by atoms with van der Waals surface area (Å²) in [7, 11) is 0. The van der Waals surface area contributed by atoms with E-state index < -0.39 is 0 Å². The van der Waals surface area contributed by atoms with Gasteiger partial charge in [0.05, 0.1) is 12.2 Å². The first-order valence-electron chi connectivity index (χ1n) is 5.17. The monoisotopic (exact) mass is 197 g/mol. The van der Waals surface area contributed by atoms with Gasteiger partial charge in [0.2, 0.25) is 5.91 Å². The van der Waals surface area contributed by atoms with Crippen molar-refractivity contribution >= 4 is 5.91 Å². The fourth-order valence-electron chi connectivity index (χ4n) is 2.03. The average molecular weight is 197 g/mol. The first kappa shape index (κ1) is 11.2. The molecule has 2 atom stereocenters. The van der Waals surface area contributed by atoms with Crippen molar-refractivity contribution in [1.29, 1.82) is 0 Å². The van der Waals surface area contributed by atoms with Gasteiger partial charge in [-0.1, -0.05) is 6.58 Å². The van der Waals surface area contributed by atoms with Crippen LogP contribution in [0, 0.1) is 5.92 Å². The van der Waals surface area contributed by atoms with Crippen molar-refractivity contribution in [2.45, 2.75) is 38.9 Å². The number of carbonyl (C=O) groups excluding carboxylic acids is 1. The van der Waals surface area contributed by atoms with Gasteiger partial charge in [-0.25, -0.2) is 0 Å². The molecule has 0 saturated carbocycles. The summed E-state index contributed by atoms with van der Waals surface area (Å²) in [6.45, 7) is 8.32. The molecule has 0 aromatic carbocycles. The largest absolute Gasteiger partial charge is 0.376 e. The van der Waals surface area contributed by atoms with Crippen molar-refractivity contribution in [3.63, 3.8) is 0 Å². The molecule has 2 unspecified atom stereocenters. The quantitative estimate of drug-likeness (QED) is 0.696. The van der Waals surface area contributed by atoms with Gasteiger partial charge in [0.15, 0.2) is 0 Å². The Hall–Kier alpha value is -0.830. The fraction of sp³-hybridized carbons (Fsp3) is 0.727. The second-order valence-electron chi connectivity index (χ2n) is 4.04. The van der Waals surface area contributed by atoms with Crippen LogP contribution in [0.2, 0.25) is 0 Å². The molecular formula is C11H19NO2. The third-order valence-corrected chi connectivity index (χ3v) is 2.55. The highest BCUT2D eigenvalue weighted by Crippen LogP contribution is 2.23. The third kappa shape index (κ3) is 3.50. The van der Waals surface area contributed by atoms with E-state index in [1.807, 2.05) is 0 Å². The van der Waals surface area contributed by atoms with Crippen molar-refractivity contribution in [2.75, 3.05) is 6.54 Å². The molecule has 14 heavy (non-hydrogen) atoms. The molecule has 3 heteroatoms. The summed E-state index contributed by atoms with van der Waals surface area (Å²) in [6.07, 6.45) is 3.99. The van der Waals surface area contributed by atoms with Gasteiger partial charge in [0.1, 0.15) is 0 Å². The lowest BCUT2D eigenvalue weighted by atomic mass is 9.92. The highest BCUT2D eigenvalue weighted by atomic mass is 16.5. The summed E-state index contributed by atoms with van der Waals surface area (Å²) in [4.78, 5) is 11.0. The van der Waals surface area contributed by atoms with Crippen molar-refractivity contribution in [2.24, 2.45) is 5.92 Å². The Balaban J connectivity index is 2.30. The Bertz CT molecular complexity index is 205. The standard InChI is InChI=1S/C11H19NO2/c1-4-11(13)12-7-10-5-8(2)14-9(3)6-10/h4,8-10H,1,5-7H2,2-3H3,(H,12,13). The lowest BCUT2D eigenvalue weighted by Crippen LogP contribution is -2.36. The highest BCUT2D eigenvalue weighted by Gasteiger charge is 2.24. The number of hydrogen-bond acceptors (Lipinski definition) is 2. The van der Waals surface area contributed by atoms with Gasteiger partial charge in [0.25, 0.3) is 0 Å². The van der Waals surface area contributed by atoms with Gasteiger partial charge >= 0.3 is 0 Å². The topological polar surface area (TPSA) is 38.3 Å². The van der Waals surface area contributed by atoms with Crippen molar-refractivity contribution in [1.82, 2.24) is 5.32 Å². The van der Waals surface area contributed by atoms with E-state index in [9.17, 15) is 4.79 Å². The molecule has 1 fully saturated rings. The minimum absolute atomic E-state index is 0.0863. The van der Waals surface area contributed by atoms with Crippen LogP contribution in [0.5, 0.6) is 0 Å². The first-order valence-corrected chi connectivity index (χ1v) is 5.17. The molecule has 1 aliphatic rings. The van der Waals surface area contributed by atoms with E-state index in [0.29, 0.717) is 18.1 Å². The van der Waals surface area contributed by atoms with Crippen LogP contribution in [0.1, 0.15) is 26.7 Å². The van der Waals surface area contributed by atoms with Crippen molar-refractivity contribution in [3.8, 4) is 0 Å². The van der Waals surface area contributed by atoms with Crippen LogP contribution >= 0.6 is 0 Å². The van der Waals surface area contributed by atoms with Gasteiger partial charge in [0, 0.05) is 6.54 Å². The number of nitrogens with one attached hydrogen (secondary N) is 1. The first-order chi connectivity index (χ1) is 6.61. The maximum atomic E-state index is 11.0. The molecule has 0 aromatic heterocycles. The molecule has 0 aliphatic carbocycles. The van der Waals surface area contributed by atoms with Gasteiger partial charge in [-0.2, -0.15) is 0 Å². The molecule has 0 bridgehead atoms. The minimum Gasteiger partial charge on any atom is -0.376 e. The van der Waals surface area contributed by atoms with E-state index >= 15 is 0 Å². The SMILES string of the molecule is C=CC(=O)NCC1CC(C)OC(C)C1. The average Bonchev–Trinajstić information content (AvgIpc) is 2.12. The van der Waals surface area contributed by atoms with Crippen LogP contribution in [-0.2, 0) is 9.53 Å². The number of rotatable bonds is 3. The number of hydrogen-bond donors (Lipinski definition) is 1. The molecule has 1 N–H and O–H groups in total. The molecule has 1 heterocycles. The maximum absolute atomic E-state index is 11.0. The Morgan fingerprint density at radius 1 is 1.50 bits per heavy atom. The van der Waals surface area contributed by atoms with E-state index in [4.69, 9.17) is 4.74 Å². The maximum Gasteiger partial charge on any atom is 0.243 e. The summed E-state index contributed by atoms with van der Waals surface area (Å²) in [5.41, 5.74) is 0. The minimum atomic E-state index is -0.0863. The summed E-state index contributed by atoms with van der Waals surface area (Å²) < 4.78 is 5.62. The Labute approximate surface area is 85.5 Å². The molecule has 0 aromatic rings. The normalized spacial score (nSPS) is 32.3. The van der Waals surface area contributed by atoms with E-state index in [1.54, 1.807) is 0 Å². The second-order valence-corrected chi connectivity index (χ2v) is 4.04. The van der Waals surface area contributed by atoms with E-state index in [1.165, 1.54) is 6.08 Å². The summed E-state index contributed by atoms with van der Waals surface area (Å²) in [5, 5.41) is 2.83. The Kier molecular flexibility index (Phi) is 4.14. The zero-order valence-electron chi connectivity index (χ0n) is 8.95. The van der Waals surface area contributed by atoms with Crippen LogP contribution in [0.25, 0.3) is 0 Å². The van der Waals surface area contributed by atoms with Crippen LogP contribution in [0.3, 0.4) is 0 Å². The third-order valence-electron chi connectivity index (χ3n) is 2.55. The molecule has 0 radical (unpaired) electrons. The lowest BCUT2D eigenvalue weighted by Gasteiger charge is -2.32. The zero-order valence-corrected chi connectivity index (χ0v) is 8.95. The van der Waals surface area contributed by atoms with E-state index in [-0.39, 0.29) is 5.91 Å². The summed E-state index contributed by atoms with van der Waals surface area (Å²) in [6, 6.07) is 0. The Morgan fingerprint density at radius 2 is 2.07 bits per heavy atom. The molecule has 1 saturated heterocycles. The molecular weight excluding hydrogens is 178 g/mol. The lowest BCUT2D eigenvalue weighted by molar-refractivity contribution is -0.117. The smallest absolute Gasteiger partial charge is 0.243 e. The Morgan fingerprint density at radius 3 is 2.57 bits per heavy atom. The van der Waals surface area contributed by atoms with Gasteiger partial charge in [-0.05, 0) is 38.7 Å². The fourth-order valence-corrected chi connectivity index (χ4v) is 2.03. The zero-order chi connectivity index (χ0) is 10.6. The van der Waals surface area contributed by atoms with Crippen LogP contribution in [0.4, 0.5) is 0 Å². The molecule has 1 amide bonds.